The molecule has 0 fully saturated rings. The molecule has 7 aromatic carbocycles. The average molecular weight is 704 g/mol. The molecule has 9 aromatic rings. The molecule has 210 valence electrons. The fraction of sp³-hybridized carbons (Fsp3) is 0.0244. The maximum Gasteiger partial charge on any atom is 0.150 e. The summed E-state index contributed by atoms with van der Waals surface area (Å²) in [6, 6.07) is 43.7. The van der Waals surface area contributed by atoms with Gasteiger partial charge in [0.15, 0.2) is 0 Å². The Morgan fingerprint density at radius 2 is 1.00 bits per heavy atom. The molecule has 0 bridgehead atoms. The Morgan fingerprint density at radius 3 is 1.71 bits per heavy atom. The van der Waals surface area contributed by atoms with Gasteiger partial charge in [0.1, 0.15) is 22.3 Å². The summed E-state index contributed by atoms with van der Waals surface area (Å²) in [7, 11) is 0. The zero-order chi connectivity index (χ0) is 29.6. The van der Waals surface area contributed by atoms with E-state index in [1.54, 1.807) is 0 Å². The van der Waals surface area contributed by atoms with Crippen LogP contribution in [-0.4, -0.2) is 0 Å². The van der Waals surface area contributed by atoms with E-state index < -0.39 is 5.41 Å². The van der Waals surface area contributed by atoms with Crippen molar-refractivity contribution in [3.8, 4) is 22.3 Å². The fourth-order valence-corrected chi connectivity index (χ4v) is 9.85. The molecule has 2 heterocycles. The first-order valence-electron chi connectivity index (χ1n) is 15.1. The van der Waals surface area contributed by atoms with E-state index in [0.717, 1.165) is 58.4 Å². The molecular weight excluding hydrogens is 684 g/mol. The third-order valence-electron chi connectivity index (χ3n) is 10.2. The van der Waals surface area contributed by atoms with Crippen molar-refractivity contribution in [1.29, 1.82) is 0 Å². The number of halogens is 2. The van der Waals surface area contributed by atoms with Crippen molar-refractivity contribution >= 4 is 86.5 Å². The molecule has 45 heavy (non-hydrogen) atoms. The van der Waals surface area contributed by atoms with Gasteiger partial charge in [-0.25, -0.2) is 0 Å². The first-order valence-corrected chi connectivity index (χ1v) is 16.7. The molecule has 4 heteroatoms. The van der Waals surface area contributed by atoms with E-state index in [2.05, 4.69) is 141 Å². The lowest BCUT2D eigenvalue weighted by molar-refractivity contribution is 0.665. The van der Waals surface area contributed by atoms with Crippen LogP contribution >= 0.6 is 31.9 Å². The summed E-state index contributed by atoms with van der Waals surface area (Å²) in [4.78, 5) is 0. The van der Waals surface area contributed by atoms with Gasteiger partial charge in [0.05, 0.1) is 9.89 Å². The maximum atomic E-state index is 6.89. The lowest BCUT2D eigenvalue weighted by Gasteiger charge is -2.40. The number of fused-ring (bicyclic) bond motifs is 17. The van der Waals surface area contributed by atoms with Gasteiger partial charge in [-0.05, 0) is 94.2 Å². The van der Waals surface area contributed by atoms with Crippen molar-refractivity contribution in [2.45, 2.75) is 5.41 Å². The van der Waals surface area contributed by atoms with E-state index >= 15 is 0 Å². The first kappa shape index (κ1) is 24.7. The zero-order valence-corrected chi connectivity index (χ0v) is 26.8. The monoisotopic (exact) mass is 702 g/mol. The van der Waals surface area contributed by atoms with Gasteiger partial charge in [-0.15, -0.1) is 0 Å². The molecule has 11 rings (SSSR count). The van der Waals surface area contributed by atoms with Crippen LogP contribution in [0.2, 0.25) is 0 Å². The van der Waals surface area contributed by atoms with E-state index in [1.165, 1.54) is 49.7 Å². The molecular formula is C41H20Br2O2. The van der Waals surface area contributed by atoms with Crippen LogP contribution in [0.15, 0.2) is 139 Å². The van der Waals surface area contributed by atoms with Crippen molar-refractivity contribution < 1.29 is 8.83 Å². The molecule has 0 aliphatic heterocycles. The molecule has 0 atom stereocenters. The molecule has 2 aromatic heterocycles. The van der Waals surface area contributed by atoms with Gasteiger partial charge in [-0.1, -0.05) is 103 Å². The molecule has 0 unspecified atom stereocenters. The van der Waals surface area contributed by atoms with Crippen LogP contribution in [0.3, 0.4) is 0 Å². The molecule has 2 aliphatic rings. The second kappa shape index (κ2) is 8.33. The third kappa shape index (κ3) is 2.75. The largest absolute Gasteiger partial charge is 0.455 e. The number of rotatable bonds is 0. The summed E-state index contributed by atoms with van der Waals surface area (Å²) in [5.74, 6) is 0. The number of para-hydroxylation sites is 2. The van der Waals surface area contributed by atoms with Crippen LogP contribution in [0.25, 0.3) is 76.9 Å². The fourth-order valence-electron chi connectivity index (χ4n) is 8.62. The minimum Gasteiger partial charge on any atom is -0.455 e. The van der Waals surface area contributed by atoms with Gasteiger partial charge in [-0.2, -0.15) is 0 Å². The Hall–Kier alpha value is -4.64. The quantitative estimate of drug-likeness (QED) is 0.157. The Morgan fingerprint density at radius 1 is 0.444 bits per heavy atom. The van der Waals surface area contributed by atoms with Crippen molar-refractivity contribution in [3.63, 3.8) is 0 Å². The summed E-state index contributed by atoms with van der Waals surface area (Å²) in [5.41, 5.74) is 12.9. The molecule has 1 spiro atoms. The van der Waals surface area contributed by atoms with Crippen LogP contribution in [0.5, 0.6) is 0 Å². The molecule has 0 radical (unpaired) electrons. The van der Waals surface area contributed by atoms with Gasteiger partial charge in [0.2, 0.25) is 0 Å². The Bertz CT molecular complexity index is 2750. The van der Waals surface area contributed by atoms with Gasteiger partial charge >= 0.3 is 0 Å². The highest BCUT2D eigenvalue weighted by Crippen LogP contribution is 2.65. The molecule has 0 amide bonds. The van der Waals surface area contributed by atoms with Gasteiger partial charge in [0.25, 0.3) is 0 Å². The van der Waals surface area contributed by atoms with Crippen molar-refractivity contribution in [1.82, 2.24) is 0 Å². The van der Waals surface area contributed by atoms with Crippen LogP contribution < -0.4 is 0 Å². The Labute approximate surface area is 274 Å². The SMILES string of the molecule is Brc1cc2c(c3c1oc1ccccc13)-c1c3oc4ccccc4c3c(Br)c3cccc(c13)C21c2ccccc2-c2ccccc21. The third-order valence-corrected chi connectivity index (χ3v) is 11.6. The normalized spacial score (nSPS) is 14.2. The smallest absolute Gasteiger partial charge is 0.150 e. The number of hydrogen-bond donors (Lipinski definition) is 0. The summed E-state index contributed by atoms with van der Waals surface area (Å²) in [5, 5.41) is 6.80. The van der Waals surface area contributed by atoms with Crippen LogP contribution in [0.1, 0.15) is 22.3 Å². The Kier molecular flexibility index (Phi) is 4.57. The van der Waals surface area contributed by atoms with E-state index in [4.69, 9.17) is 8.83 Å². The molecule has 2 nitrogen and oxygen atoms in total. The van der Waals surface area contributed by atoms with Crippen LogP contribution in [-0.2, 0) is 5.41 Å². The Balaban J connectivity index is 1.51. The second-order valence-corrected chi connectivity index (χ2v) is 13.8. The van der Waals surface area contributed by atoms with Crippen molar-refractivity contribution in [2.24, 2.45) is 0 Å². The highest BCUT2D eigenvalue weighted by Gasteiger charge is 2.51. The summed E-state index contributed by atoms with van der Waals surface area (Å²) >= 11 is 8.12. The standard InChI is InChI=1S/C41H20Br2O2/c42-30-20-29-36(34-23-12-3-7-18-31(23)44-39(30)34)37-33-25(38(43)35-24-13-4-8-19-32(24)45-40(35)37)14-9-17-28(33)41(29)26-15-5-1-10-21(26)22-11-2-6-16-27(22)41/h1-20H. The van der Waals surface area contributed by atoms with E-state index in [9.17, 15) is 0 Å². The number of hydrogen-bond acceptors (Lipinski definition) is 2. The highest BCUT2D eigenvalue weighted by molar-refractivity contribution is 9.11. The van der Waals surface area contributed by atoms with Gasteiger partial charge < -0.3 is 8.83 Å². The molecule has 0 saturated heterocycles. The maximum absolute atomic E-state index is 6.89. The molecule has 2 aliphatic carbocycles. The number of benzene rings is 7. The summed E-state index contributed by atoms with van der Waals surface area (Å²) in [6.07, 6.45) is 0. The van der Waals surface area contributed by atoms with Crippen LogP contribution in [0.4, 0.5) is 0 Å². The topological polar surface area (TPSA) is 26.3 Å². The lowest BCUT2D eigenvalue weighted by Crippen LogP contribution is -2.32. The minimum absolute atomic E-state index is 0.552. The van der Waals surface area contributed by atoms with Crippen LogP contribution in [0, 0.1) is 0 Å². The van der Waals surface area contributed by atoms with Crippen molar-refractivity contribution in [2.75, 3.05) is 0 Å². The minimum atomic E-state index is -0.552. The van der Waals surface area contributed by atoms with Gasteiger partial charge in [0, 0.05) is 37.1 Å². The second-order valence-electron chi connectivity index (χ2n) is 12.1. The summed E-state index contributed by atoms with van der Waals surface area (Å²) < 4.78 is 15.5. The first-order chi connectivity index (χ1) is 22.2. The van der Waals surface area contributed by atoms with Crippen molar-refractivity contribution in [3.05, 3.63) is 153 Å². The van der Waals surface area contributed by atoms with E-state index in [-0.39, 0.29) is 0 Å². The predicted octanol–water partition coefficient (Wildman–Crippen LogP) is 12.5. The molecule has 0 saturated carbocycles. The average Bonchev–Trinajstić information content (AvgIpc) is 3.75. The zero-order valence-electron chi connectivity index (χ0n) is 23.6. The van der Waals surface area contributed by atoms with E-state index in [1.807, 2.05) is 12.1 Å². The summed E-state index contributed by atoms with van der Waals surface area (Å²) in [6.45, 7) is 0. The lowest BCUT2D eigenvalue weighted by atomic mass is 9.61. The number of furan rings is 2. The van der Waals surface area contributed by atoms with Gasteiger partial charge in [-0.3, -0.25) is 0 Å². The predicted molar refractivity (Wildman–Crippen MR) is 190 cm³/mol. The molecule has 0 N–H and O–H groups in total. The highest BCUT2D eigenvalue weighted by atomic mass is 79.9. The van der Waals surface area contributed by atoms with E-state index in [0.29, 0.717) is 0 Å².